The molecule has 1 aromatic carbocycles. The zero-order valence-electron chi connectivity index (χ0n) is 15.7. The van der Waals surface area contributed by atoms with Crippen molar-refractivity contribution in [2.45, 2.75) is 46.6 Å². The standard InChI is InChI=1S/C20H33N3O/c1-5-23(16(2)3)19-10-8-18(9-11-19)20(24)21-12-14-22-13-6-7-17(4)15-22/h8-11,16-17H,5-7,12-15H2,1-4H3,(H,21,24). The first kappa shape index (κ1) is 18.8. The third-order valence-corrected chi connectivity index (χ3v) is 4.88. The Morgan fingerprint density at radius 1 is 1.33 bits per heavy atom. The van der Waals surface area contributed by atoms with Crippen LogP contribution < -0.4 is 10.2 Å². The number of nitrogens with one attached hydrogen (secondary N) is 1. The van der Waals surface area contributed by atoms with Crippen molar-refractivity contribution in [3.05, 3.63) is 29.8 Å². The summed E-state index contributed by atoms with van der Waals surface area (Å²) in [5, 5.41) is 3.05. The molecule has 4 heteroatoms. The third-order valence-electron chi connectivity index (χ3n) is 4.88. The van der Waals surface area contributed by atoms with Crippen LogP contribution in [0.3, 0.4) is 0 Å². The fourth-order valence-electron chi connectivity index (χ4n) is 3.57. The van der Waals surface area contributed by atoms with E-state index in [0.717, 1.165) is 44.2 Å². The molecule has 0 saturated carbocycles. The van der Waals surface area contributed by atoms with Crippen LogP contribution in [-0.2, 0) is 0 Å². The van der Waals surface area contributed by atoms with Gasteiger partial charge in [0.25, 0.3) is 5.91 Å². The number of anilines is 1. The molecule has 0 radical (unpaired) electrons. The molecule has 1 fully saturated rings. The SMILES string of the molecule is CCN(c1ccc(C(=O)NCCN2CCCC(C)C2)cc1)C(C)C. The molecule has 0 aromatic heterocycles. The van der Waals surface area contributed by atoms with E-state index in [1.54, 1.807) is 0 Å². The van der Waals surface area contributed by atoms with E-state index < -0.39 is 0 Å². The van der Waals surface area contributed by atoms with Crippen molar-refractivity contribution in [3.8, 4) is 0 Å². The van der Waals surface area contributed by atoms with Crippen LogP contribution in [0.15, 0.2) is 24.3 Å². The van der Waals surface area contributed by atoms with Crippen molar-refractivity contribution in [1.29, 1.82) is 0 Å². The summed E-state index contributed by atoms with van der Waals surface area (Å²) in [6.45, 7) is 13.8. The van der Waals surface area contributed by atoms with Gasteiger partial charge in [0.1, 0.15) is 0 Å². The molecule has 0 bridgehead atoms. The van der Waals surface area contributed by atoms with Gasteiger partial charge in [-0.25, -0.2) is 0 Å². The predicted octanol–water partition coefficient (Wildman–Crippen LogP) is 3.38. The highest BCUT2D eigenvalue weighted by molar-refractivity contribution is 5.94. The average molecular weight is 332 g/mol. The van der Waals surface area contributed by atoms with Gasteiger partial charge in [-0.05, 0) is 70.3 Å². The monoisotopic (exact) mass is 331 g/mol. The number of hydrogen-bond donors (Lipinski definition) is 1. The summed E-state index contributed by atoms with van der Waals surface area (Å²) < 4.78 is 0. The van der Waals surface area contributed by atoms with Gasteiger partial charge in [-0.1, -0.05) is 6.92 Å². The minimum absolute atomic E-state index is 0.0270. The van der Waals surface area contributed by atoms with Crippen LogP contribution in [0, 0.1) is 5.92 Å². The largest absolute Gasteiger partial charge is 0.369 e. The second kappa shape index (κ2) is 9.07. The summed E-state index contributed by atoms with van der Waals surface area (Å²) in [5.74, 6) is 0.809. The summed E-state index contributed by atoms with van der Waals surface area (Å²) >= 11 is 0. The lowest BCUT2D eigenvalue weighted by molar-refractivity contribution is 0.0944. The van der Waals surface area contributed by atoms with Crippen LogP contribution in [0.25, 0.3) is 0 Å². The smallest absolute Gasteiger partial charge is 0.251 e. The maximum atomic E-state index is 12.3. The van der Waals surface area contributed by atoms with Crippen LogP contribution >= 0.6 is 0 Å². The normalized spacial score (nSPS) is 18.6. The Kier molecular flexibility index (Phi) is 7.10. The Morgan fingerprint density at radius 3 is 2.62 bits per heavy atom. The van der Waals surface area contributed by atoms with Gasteiger partial charge in [0, 0.05) is 43.5 Å². The van der Waals surface area contributed by atoms with E-state index in [0.29, 0.717) is 6.04 Å². The number of carbonyl (C=O) groups excluding carboxylic acids is 1. The summed E-state index contributed by atoms with van der Waals surface area (Å²) in [6.07, 6.45) is 2.61. The quantitative estimate of drug-likeness (QED) is 0.832. The first-order valence-corrected chi connectivity index (χ1v) is 9.38. The van der Waals surface area contributed by atoms with Crippen molar-refractivity contribution in [2.75, 3.05) is 37.6 Å². The van der Waals surface area contributed by atoms with E-state index in [1.807, 2.05) is 24.3 Å². The van der Waals surface area contributed by atoms with Gasteiger partial charge < -0.3 is 15.1 Å². The average Bonchev–Trinajstić information content (AvgIpc) is 2.56. The topological polar surface area (TPSA) is 35.6 Å². The van der Waals surface area contributed by atoms with Gasteiger partial charge in [-0.3, -0.25) is 4.79 Å². The van der Waals surface area contributed by atoms with Crippen LogP contribution in [0.5, 0.6) is 0 Å². The van der Waals surface area contributed by atoms with Crippen molar-refractivity contribution < 1.29 is 4.79 Å². The molecule has 1 heterocycles. The molecular formula is C20H33N3O. The number of nitrogens with zero attached hydrogens (tertiary/aromatic N) is 2. The van der Waals surface area contributed by atoms with Gasteiger partial charge in [0.05, 0.1) is 0 Å². The minimum Gasteiger partial charge on any atom is -0.369 e. The zero-order valence-corrected chi connectivity index (χ0v) is 15.7. The van der Waals surface area contributed by atoms with Crippen molar-refractivity contribution in [1.82, 2.24) is 10.2 Å². The number of likely N-dealkylation sites (tertiary alicyclic amines) is 1. The van der Waals surface area contributed by atoms with E-state index in [-0.39, 0.29) is 5.91 Å². The van der Waals surface area contributed by atoms with Crippen molar-refractivity contribution >= 4 is 11.6 Å². The minimum atomic E-state index is 0.0270. The number of benzene rings is 1. The highest BCUT2D eigenvalue weighted by Gasteiger charge is 2.16. The predicted molar refractivity (Wildman–Crippen MR) is 102 cm³/mol. The summed E-state index contributed by atoms with van der Waals surface area (Å²) in [4.78, 5) is 17.1. The number of piperidine rings is 1. The highest BCUT2D eigenvalue weighted by atomic mass is 16.1. The van der Waals surface area contributed by atoms with Crippen LogP contribution in [0.4, 0.5) is 5.69 Å². The molecule has 1 amide bonds. The molecule has 1 saturated heterocycles. The van der Waals surface area contributed by atoms with E-state index in [1.165, 1.54) is 18.5 Å². The lowest BCUT2D eigenvalue weighted by atomic mass is 10.0. The van der Waals surface area contributed by atoms with Gasteiger partial charge in [0.15, 0.2) is 0 Å². The Balaban J connectivity index is 1.82. The second-order valence-electron chi connectivity index (χ2n) is 7.23. The lowest BCUT2D eigenvalue weighted by Crippen LogP contribution is -2.40. The molecule has 1 aliphatic rings. The van der Waals surface area contributed by atoms with Gasteiger partial charge in [-0.2, -0.15) is 0 Å². The second-order valence-corrected chi connectivity index (χ2v) is 7.23. The summed E-state index contributed by atoms with van der Waals surface area (Å²) in [5.41, 5.74) is 1.91. The van der Waals surface area contributed by atoms with E-state index in [2.05, 4.69) is 42.8 Å². The van der Waals surface area contributed by atoms with Crippen LogP contribution in [0.1, 0.15) is 50.9 Å². The first-order valence-electron chi connectivity index (χ1n) is 9.38. The molecule has 134 valence electrons. The van der Waals surface area contributed by atoms with Crippen LogP contribution in [-0.4, -0.2) is 49.6 Å². The lowest BCUT2D eigenvalue weighted by Gasteiger charge is -2.30. The van der Waals surface area contributed by atoms with Crippen LogP contribution in [0.2, 0.25) is 0 Å². The number of rotatable bonds is 7. The van der Waals surface area contributed by atoms with Gasteiger partial charge in [0.2, 0.25) is 0 Å². The maximum Gasteiger partial charge on any atom is 0.251 e. The number of hydrogen-bond acceptors (Lipinski definition) is 3. The van der Waals surface area contributed by atoms with Gasteiger partial charge in [-0.15, -0.1) is 0 Å². The van der Waals surface area contributed by atoms with E-state index >= 15 is 0 Å². The first-order chi connectivity index (χ1) is 11.5. The fourth-order valence-corrected chi connectivity index (χ4v) is 3.57. The Bertz CT molecular complexity index is 512. The fraction of sp³-hybridized carbons (Fsp3) is 0.650. The third kappa shape index (κ3) is 5.23. The molecule has 1 unspecified atom stereocenters. The van der Waals surface area contributed by atoms with E-state index in [4.69, 9.17) is 0 Å². The molecule has 2 rings (SSSR count). The molecular weight excluding hydrogens is 298 g/mol. The molecule has 24 heavy (non-hydrogen) atoms. The molecule has 1 aliphatic heterocycles. The Labute approximate surface area is 147 Å². The molecule has 0 aliphatic carbocycles. The molecule has 4 nitrogen and oxygen atoms in total. The molecule has 1 aromatic rings. The van der Waals surface area contributed by atoms with Gasteiger partial charge >= 0.3 is 0 Å². The highest BCUT2D eigenvalue weighted by Crippen LogP contribution is 2.18. The zero-order chi connectivity index (χ0) is 17.5. The van der Waals surface area contributed by atoms with Crippen molar-refractivity contribution in [3.63, 3.8) is 0 Å². The Morgan fingerprint density at radius 2 is 2.04 bits per heavy atom. The molecule has 1 N–H and O–H groups in total. The number of carbonyl (C=O) groups is 1. The summed E-state index contributed by atoms with van der Waals surface area (Å²) in [7, 11) is 0. The van der Waals surface area contributed by atoms with E-state index in [9.17, 15) is 4.79 Å². The maximum absolute atomic E-state index is 12.3. The van der Waals surface area contributed by atoms with Crippen molar-refractivity contribution in [2.24, 2.45) is 5.92 Å². The molecule has 1 atom stereocenters. The number of amides is 1. The summed E-state index contributed by atoms with van der Waals surface area (Å²) in [6, 6.07) is 8.41. The Hall–Kier alpha value is -1.55. The molecule has 0 spiro atoms.